The maximum Gasteiger partial charge on any atom is 0.532 e. The number of phosphoric acid groups is 1. The molecule has 1 aliphatic heterocycles. The van der Waals surface area contributed by atoms with Crippen LogP contribution in [0.5, 0.6) is 0 Å². The summed E-state index contributed by atoms with van der Waals surface area (Å²) in [5, 5.41) is 10.1. The lowest BCUT2D eigenvalue weighted by atomic mass is 10.1. The zero-order valence-corrected chi connectivity index (χ0v) is 15.7. The van der Waals surface area contributed by atoms with Crippen molar-refractivity contribution in [2.75, 3.05) is 12.3 Å². The fourth-order valence-electron chi connectivity index (χ4n) is 2.45. The van der Waals surface area contributed by atoms with Gasteiger partial charge in [-0.05, 0) is 4.31 Å². The van der Waals surface area contributed by atoms with E-state index in [4.69, 9.17) is 24.8 Å². The summed E-state index contributed by atoms with van der Waals surface area (Å²) >= 11 is 4.60. The Hall–Kier alpha value is -1.41. The topological polar surface area (TPSA) is 195 Å². The molecule has 3 rings (SSSR count). The van der Waals surface area contributed by atoms with Crippen LogP contribution in [0.4, 0.5) is 10.3 Å². The molecule has 0 radical (unpaired) electrons. The van der Waals surface area contributed by atoms with Crippen molar-refractivity contribution in [1.82, 2.24) is 19.5 Å². The summed E-state index contributed by atoms with van der Waals surface area (Å²) in [5.74, 6) is -0.204. The van der Waals surface area contributed by atoms with E-state index in [9.17, 15) is 18.9 Å². The number of aliphatic hydroxyl groups is 1. The fraction of sp³-hybridized carbons (Fsp3) is 0.500. The Morgan fingerprint density at radius 3 is 2.93 bits per heavy atom. The minimum Gasteiger partial charge on any atom is -0.385 e. The molecule has 0 aliphatic carbocycles. The molecule has 3 heterocycles. The number of aromatic nitrogens is 4. The van der Waals surface area contributed by atoms with Gasteiger partial charge in [0.2, 0.25) is 17.8 Å². The molecule has 17 heteroatoms. The molecule has 0 bridgehead atoms. The Morgan fingerprint density at radius 2 is 2.26 bits per heavy atom. The first kappa shape index (κ1) is 20.3. The van der Waals surface area contributed by atoms with Crippen LogP contribution in [0.1, 0.15) is 6.23 Å². The van der Waals surface area contributed by atoms with E-state index in [0.717, 1.165) is 10.9 Å². The number of alkyl halides is 1. The Morgan fingerprint density at radius 1 is 1.56 bits per heavy atom. The lowest BCUT2D eigenvalue weighted by Gasteiger charge is -2.16. The SMILES string of the molecule is Nc1nc2c(ncn2[C@@H]2O[C@H](CO[P+](=S)OP(=O)(O)O)C(F)C2O)c(=O)[nH]1. The molecule has 2 aromatic rings. The van der Waals surface area contributed by atoms with E-state index in [-0.39, 0.29) is 17.1 Å². The zero-order chi connectivity index (χ0) is 19.9. The maximum absolute atomic E-state index is 14.3. The summed E-state index contributed by atoms with van der Waals surface area (Å²) < 4.78 is 40.6. The van der Waals surface area contributed by atoms with Crippen molar-refractivity contribution in [2.45, 2.75) is 24.6 Å². The van der Waals surface area contributed by atoms with Crippen LogP contribution >= 0.6 is 15.0 Å². The van der Waals surface area contributed by atoms with Gasteiger partial charge in [-0.2, -0.15) is 4.98 Å². The summed E-state index contributed by atoms with van der Waals surface area (Å²) in [6, 6.07) is 0. The largest absolute Gasteiger partial charge is 0.532 e. The highest BCUT2D eigenvalue weighted by atomic mass is 32.4. The highest BCUT2D eigenvalue weighted by molar-refractivity contribution is 8.02. The lowest BCUT2D eigenvalue weighted by molar-refractivity contribution is -0.0457. The molecule has 0 spiro atoms. The summed E-state index contributed by atoms with van der Waals surface area (Å²) in [4.78, 5) is 39.1. The number of hydrogen-bond donors (Lipinski definition) is 5. The molecule has 6 N–H and O–H groups in total. The first-order valence-corrected chi connectivity index (χ1v) is 10.8. The third kappa shape index (κ3) is 4.37. The predicted molar refractivity (Wildman–Crippen MR) is 90.7 cm³/mol. The Bertz CT molecular complexity index is 980. The number of aromatic amines is 1. The lowest BCUT2D eigenvalue weighted by Crippen LogP contribution is -2.29. The molecule has 27 heavy (non-hydrogen) atoms. The monoisotopic (exact) mass is 444 g/mol. The van der Waals surface area contributed by atoms with Crippen molar-refractivity contribution in [2.24, 2.45) is 0 Å². The Balaban J connectivity index is 1.77. The van der Waals surface area contributed by atoms with E-state index >= 15 is 0 Å². The number of hydrogen-bond acceptors (Lipinski definition) is 10. The molecule has 148 valence electrons. The van der Waals surface area contributed by atoms with Gasteiger partial charge >= 0.3 is 15.0 Å². The molecule has 0 aromatic carbocycles. The van der Waals surface area contributed by atoms with Crippen molar-refractivity contribution in [3.05, 3.63) is 16.7 Å². The highest BCUT2D eigenvalue weighted by Crippen LogP contribution is 2.48. The molecule has 0 amide bonds. The van der Waals surface area contributed by atoms with Crippen LogP contribution in [-0.2, 0) is 29.9 Å². The molecule has 3 unspecified atom stereocenters. The molecule has 1 aliphatic rings. The van der Waals surface area contributed by atoms with Gasteiger partial charge in [-0.15, -0.1) is 4.52 Å². The summed E-state index contributed by atoms with van der Waals surface area (Å²) in [6.45, 7) is -0.535. The van der Waals surface area contributed by atoms with Crippen molar-refractivity contribution in [1.29, 1.82) is 0 Å². The first-order chi connectivity index (χ1) is 12.6. The van der Waals surface area contributed by atoms with Crippen molar-refractivity contribution >= 4 is 43.9 Å². The van der Waals surface area contributed by atoms with E-state index < -0.39 is 51.7 Å². The number of anilines is 1. The summed E-state index contributed by atoms with van der Waals surface area (Å²) in [7, 11) is -7.26. The van der Waals surface area contributed by atoms with Gasteiger partial charge in [-0.3, -0.25) is 14.3 Å². The van der Waals surface area contributed by atoms with Crippen LogP contribution in [-0.4, -0.2) is 59.4 Å². The number of nitrogen functional groups attached to an aromatic ring is 1. The maximum atomic E-state index is 14.3. The second-order valence-corrected chi connectivity index (χ2v) is 8.60. The smallest absolute Gasteiger partial charge is 0.385 e. The summed E-state index contributed by atoms with van der Waals surface area (Å²) in [5.41, 5.74) is 4.75. The second kappa shape index (κ2) is 7.54. The molecule has 0 saturated carbocycles. The first-order valence-electron chi connectivity index (χ1n) is 7.12. The fourth-order valence-corrected chi connectivity index (χ4v) is 4.56. The number of rotatable bonds is 6. The number of H-pyrrole nitrogens is 1. The minimum absolute atomic E-state index is 0.0237. The van der Waals surface area contributed by atoms with Gasteiger partial charge in [0.25, 0.3) is 5.56 Å². The van der Waals surface area contributed by atoms with E-state index in [1.807, 2.05) is 0 Å². The number of fused-ring (bicyclic) bond motifs is 1. The molecule has 13 nitrogen and oxygen atoms in total. The zero-order valence-electron chi connectivity index (χ0n) is 13.1. The number of ether oxygens (including phenoxy) is 1. The number of nitrogens with two attached hydrogens (primary N) is 1. The van der Waals surface area contributed by atoms with E-state index in [1.54, 1.807) is 0 Å². The van der Waals surface area contributed by atoms with Gasteiger partial charge in [0.1, 0.15) is 18.8 Å². The van der Waals surface area contributed by atoms with Gasteiger partial charge in [-0.25, -0.2) is 13.9 Å². The second-order valence-electron chi connectivity index (χ2n) is 5.37. The van der Waals surface area contributed by atoms with E-state index in [1.165, 1.54) is 0 Å². The Labute approximate surface area is 155 Å². The average Bonchev–Trinajstić information content (AvgIpc) is 3.07. The van der Waals surface area contributed by atoms with Crippen LogP contribution in [0.3, 0.4) is 0 Å². The standard InChI is InChI=1S/C10H12FN5O8P2S/c11-4-3(1-22-25(27)24-26(19,20)21)23-9(6(4)17)16-2-13-5-7(16)14-10(12)15-8(5)18/h2-4,6,9,17H,1H2,(H4-,12,14,15,18,19,20,21)/p+1/t3-,4?,6?,9-/m1/s1. The molecule has 2 aromatic heterocycles. The number of aliphatic hydroxyl groups excluding tert-OH is 1. The van der Waals surface area contributed by atoms with Gasteiger partial charge in [0.15, 0.2) is 23.6 Å². The normalized spacial score (nSPS) is 26.6. The van der Waals surface area contributed by atoms with E-state index in [0.29, 0.717) is 0 Å². The number of nitrogens with one attached hydrogen (secondary N) is 1. The van der Waals surface area contributed by atoms with Crippen molar-refractivity contribution in [3.8, 4) is 0 Å². The Kier molecular flexibility index (Phi) is 5.68. The molecular weight excluding hydrogens is 431 g/mol. The third-order valence-corrected chi connectivity index (χ3v) is 6.19. The third-order valence-electron chi connectivity index (χ3n) is 3.53. The predicted octanol–water partition coefficient (Wildman–Crippen LogP) is -0.802. The van der Waals surface area contributed by atoms with Gasteiger partial charge < -0.3 is 25.4 Å². The number of imidazole rings is 1. The minimum atomic E-state index is -4.85. The van der Waals surface area contributed by atoms with Crippen LogP contribution in [0.25, 0.3) is 11.2 Å². The summed E-state index contributed by atoms with van der Waals surface area (Å²) in [6.07, 6.45) is -5.09. The van der Waals surface area contributed by atoms with Gasteiger partial charge in [0, 0.05) is 0 Å². The van der Waals surface area contributed by atoms with Crippen LogP contribution in [0.2, 0.25) is 0 Å². The highest BCUT2D eigenvalue weighted by Gasteiger charge is 2.47. The van der Waals surface area contributed by atoms with E-state index in [2.05, 4.69) is 31.1 Å². The molecule has 5 atom stereocenters. The van der Waals surface area contributed by atoms with Gasteiger partial charge in [0.05, 0.1) is 6.33 Å². The van der Waals surface area contributed by atoms with Crippen LogP contribution < -0.4 is 11.3 Å². The quantitative estimate of drug-likeness (QED) is 0.349. The van der Waals surface area contributed by atoms with Gasteiger partial charge in [-0.1, -0.05) is 0 Å². The number of halogens is 1. The molecular formula is C10H13FN5O8P2S+. The van der Waals surface area contributed by atoms with Crippen molar-refractivity contribution in [3.63, 3.8) is 0 Å². The van der Waals surface area contributed by atoms with Crippen molar-refractivity contribution < 1.29 is 37.4 Å². The number of nitrogens with zero attached hydrogens (tertiary/aromatic N) is 3. The average molecular weight is 444 g/mol. The van der Waals surface area contributed by atoms with Crippen LogP contribution in [0.15, 0.2) is 11.1 Å². The molecule has 1 saturated heterocycles. The molecule has 1 fully saturated rings. The van der Waals surface area contributed by atoms with Crippen LogP contribution in [0, 0.1) is 0 Å².